The lowest BCUT2D eigenvalue weighted by Crippen LogP contribution is -2.35. The number of rotatable bonds is 3. The summed E-state index contributed by atoms with van der Waals surface area (Å²) in [6.45, 7) is 0. The highest BCUT2D eigenvalue weighted by atomic mass is 79.9. The summed E-state index contributed by atoms with van der Waals surface area (Å²) in [5.74, 6) is -0.119. The van der Waals surface area contributed by atoms with Crippen molar-refractivity contribution in [2.24, 2.45) is 0 Å². The summed E-state index contributed by atoms with van der Waals surface area (Å²) in [5, 5.41) is 0.847. The molecule has 0 spiro atoms. The van der Waals surface area contributed by atoms with Gasteiger partial charge in [-0.25, -0.2) is 4.98 Å². The first-order chi connectivity index (χ1) is 13.5. The molecule has 0 radical (unpaired) electrons. The van der Waals surface area contributed by atoms with Gasteiger partial charge in [-0.3, -0.25) is 15.0 Å². The predicted octanol–water partition coefficient (Wildman–Crippen LogP) is 4.86. The van der Waals surface area contributed by atoms with E-state index in [0.717, 1.165) is 4.47 Å². The first kappa shape index (κ1) is 18.4. The fraction of sp³-hybridized carbons (Fsp3) is 0. The van der Waals surface area contributed by atoms with Crippen LogP contribution in [0.1, 0.15) is 10.4 Å². The lowest BCUT2D eigenvalue weighted by atomic mass is 10.2. The second-order valence-corrected chi connectivity index (χ2v) is 7.40. The number of carbonyl (C=O) groups excluding carboxylic acids is 1. The molecule has 4 rings (SSSR count). The lowest BCUT2D eigenvalue weighted by Gasteiger charge is -2.15. The monoisotopic (exact) mass is 453 g/mol. The van der Waals surface area contributed by atoms with Crippen molar-refractivity contribution in [3.05, 3.63) is 98.2 Å². The number of nitrogens with zero attached hydrogens (tertiary/aromatic N) is 2. The number of amides is 1. The summed E-state index contributed by atoms with van der Waals surface area (Å²) in [5.41, 5.74) is 3.89. The quantitative estimate of drug-likeness (QED) is 0.481. The number of aromatic nitrogens is 2. The summed E-state index contributed by atoms with van der Waals surface area (Å²) < 4.78 is 2.07. The number of nitrogens with one attached hydrogen (secondary N) is 1. The molecule has 1 aromatic heterocycles. The van der Waals surface area contributed by atoms with Crippen LogP contribution in [0, 0.1) is 0 Å². The molecular weight excluding hydrogens is 442 g/mol. The highest BCUT2D eigenvalue weighted by Gasteiger charge is 2.16. The van der Waals surface area contributed by atoms with Crippen molar-refractivity contribution in [1.29, 1.82) is 0 Å². The molecule has 0 fully saturated rings. The molecule has 7 heteroatoms. The Bertz CT molecular complexity index is 1250. The Balaban J connectivity index is 1.89. The Morgan fingerprint density at radius 1 is 1.00 bits per heavy atom. The maximum absolute atomic E-state index is 13.1. The van der Waals surface area contributed by atoms with Crippen LogP contribution in [0.3, 0.4) is 0 Å². The summed E-state index contributed by atoms with van der Waals surface area (Å²) in [6, 6.07) is 20.9. The zero-order valence-corrected chi connectivity index (χ0v) is 16.7. The molecule has 28 heavy (non-hydrogen) atoms. The zero-order valence-electron chi connectivity index (χ0n) is 14.4. The van der Waals surface area contributed by atoms with Gasteiger partial charge in [0, 0.05) is 20.6 Å². The Kier molecular flexibility index (Phi) is 4.98. The van der Waals surface area contributed by atoms with E-state index in [9.17, 15) is 9.59 Å². The number of fused-ring (bicyclic) bond motifs is 1. The Labute approximate surface area is 173 Å². The average molecular weight is 455 g/mol. The number of carbonyl (C=O) groups is 1. The second kappa shape index (κ2) is 7.58. The van der Waals surface area contributed by atoms with Crippen molar-refractivity contribution in [1.82, 2.24) is 9.66 Å². The highest BCUT2D eigenvalue weighted by Crippen LogP contribution is 2.21. The third-order valence-corrected chi connectivity index (χ3v) is 4.94. The van der Waals surface area contributed by atoms with Crippen LogP contribution in [0.25, 0.3) is 22.3 Å². The van der Waals surface area contributed by atoms with Gasteiger partial charge in [0.2, 0.25) is 0 Å². The molecule has 0 unspecified atom stereocenters. The molecule has 138 valence electrons. The molecule has 1 heterocycles. The van der Waals surface area contributed by atoms with Crippen molar-refractivity contribution < 1.29 is 4.79 Å². The van der Waals surface area contributed by atoms with E-state index in [4.69, 9.17) is 11.6 Å². The van der Waals surface area contributed by atoms with Gasteiger partial charge in [0.05, 0.1) is 10.9 Å². The smallest absolute Gasteiger partial charge is 0.267 e. The fourth-order valence-electron chi connectivity index (χ4n) is 2.82. The lowest BCUT2D eigenvalue weighted by molar-refractivity contribution is 0.101. The maximum atomic E-state index is 13.1. The zero-order chi connectivity index (χ0) is 19.7. The van der Waals surface area contributed by atoms with Gasteiger partial charge >= 0.3 is 0 Å². The van der Waals surface area contributed by atoms with Crippen molar-refractivity contribution >= 4 is 44.3 Å². The average Bonchev–Trinajstić information content (AvgIpc) is 2.70. The standard InChI is InChI=1S/C21H13BrClN3O2/c22-15-10-8-13(9-11-15)19-24-18-7-2-1-6-17(18)21(28)26(19)25-20(27)14-4-3-5-16(23)12-14/h1-12H,(H,25,27). The van der Waals surface area contributed by atoms with Gasteiger partial charge in [-0.2, -0.15) is 4.68 Å². The van der Waals surface area contributed by atoms with Crippen LogP contribution in [0.2, 0.25) is 5.02 Å². The van der Waals surface area contributed by atoms with Crippen LogP contribution in [0.5, 0.6) is 0 Å². The molecule has 1 N–H and O–H groups in total. The number of benzene rings is 3. The molecule has 0 aliphatic heterocycles. The molecule has 1 amide bonds. The van der Waals surface area contributed by atoms with Crippen molar-refractivity contribution in [3.63, 3.8) is 0 Å². The van der Waals surface area contributed by atoms with E-state index in [1.165, 1.54) is 10.7 Å². The largest absolute Gasteiger partial charge is 0.280 e. The van der Waals surface area contributed by atoms with Crippen LogP contribution in [-0.2, 0) is 0 Å². The van der Waals surface area contributed by atoms with E-state index in [0.29, 0.717) is 32.9 Å². The summed E-state index contributed by atoms with van der Waals surface area (Å²) in [4.78, 5) is 30.4. The van der Waals surface area contributed by atoms with Crippen LogP contribution in [0.15, 0.2) is 82.1 Å². The molecule has 0 bridgehead atoms. The van der Waals surface area contributed by atoms with Crippen LogP contribution >= 0.6 is 27.5 Å². The third kappa shape index (κ3) is 3.56. The Morgan fingerprint density at radius 2 is 1.75 bits per heavy atom. The SMILES string of the molecule is O=C(Nn1c(-c2ccc(Br)cc2)nc2ccccc2c1=O)c1cccc(Cl)c1. The molecule has 0 aliphatic rings. The van der Waals surface area contributed by atoms with E-state index in [1.807, 2.05) is 30.3 Å². The number of para-hydroxylation sites is 1. The predicted molar refractivity (Wildman–Crippen MR) is 114 cm³/mol. The number of hydrogen-bond acceptors (Lipinski definition) is 3. The first-order valence-corrected chi connectivity index (χ1v) is 9.55. The van der Waals surface area contributed by atoms with Crippen LogP contribution in [0.4, 0.5) is 0 Å². The molecule has 5 nitrogen and oxygen atoms in total. The van der Waals surface area contributed by atoms with E-state index >= 15 is 0 Å². The van der Waals surface area contributed by atoms with Gasteiger partial charge in [-0.1, -0.05) is 57.9 Å². The molecule has 0 saturated heterocycles. The van der Waals surface area contributed by atoms with Gasteiger partial charge in [-0.05, 0) is 42.5 Å². The topological polar surface area (TPSA) is 64.0 Å². The minimum atomic E-state index is -0.458. The van der Waals surface area contributed by atoms with Gasteiger partial charge in [0.25, 0.3) is 11.5 Å². The van der Waals surface area contributed by atoms with Gasteiger partial charge in [-0.15, -0.1) is 0 Å². The minimum absolute atomic E-state index is 0.339. The summed E-state index contributed by atoms with van der Waals surface area (Å²) >= 11 is 9.38. The van der Waals surface area contributed by atoms with Crippen LogP contribution < -0.4 is 11.0 Å². The molecule has 0 atom stereocenters. The van der Waals surface area contributed by atoms with E-state index in [1.54, 1.807) is 36.4 Å². The molecule has 3 aromatic carbocycles. The second-order valence-electron chi connectivity index (χ2n) is 6.05. The van der Waals surface area contributed by atoms with E-state index < -0.39 is 5.91 Å². The Hall–Kier alpha value is -2.96. The highest BCUT2D eigenvalue weighted by molar-refractivity contribution is 9.10. The number of hydrogen-bond donors (Lipinski definition) is 1. The molecule has 0 aliphatic carbocycles. The first-order valence-electron chi connectivity index (χ1n) is 8.37. The van der Waals surface area contributed by atoms with Gasteiger partial charge in [0.15, 0.2) is 5.82 Å². The van der Waals surface area contributed by atoms with Gasteiger partial charge in [0.1, 0.15) is 0 Å². The molecular formula is C21H13BrClN3O2. The normalized spacial score (nSPS) is 10.8. The third-order valence-electron chi connectivity index (χ3n) is 4.18. The minimum Gasteiger partial charge on any atom is -0.267 e. The van der Waals surface area contributed by atoms with Crippen molar-refractivity contribution in [2.45, 2.75) is 0 Å². The van der Waals surface area contributed by atoms with E-state index in [-0.39, 0.29) is 5.56 Å². The molecule has 0 saturated carbocycles. The van der Waals surface area contributed by atoms with Crippen LogP contribution in [-0.4, -0.2) is 15.6 Å². The van der Waals surface area contributed by atoms with Crippen molar-refractivity contribution in [3.8, 4) is 11.4 Å². The summed E-state index contributed by atoms with van der Waals surface area (Å²) in [7, 11) is 0. The maximum Gasteiger partial charge on any atom is 0.280 e. The molecule has 4 aromatic rings. The number of halogens is 2. The fourth-order valence-corrected chi connectivity index (χ4v) is 3.28. The van der Waals surface area contributed by atoms with Gasteiger partial charge < -0.3 is 0 Å². The van der Waals surface area contributed by atoms with Crippen molar-refractivity contribution in [2.75, 3.05) is 5.43 Å². The summed E-state index contributed by atoms with van der Waals surface area (Å²) in [6.07, 6.45) is 0. The Morgan fingerprint density at radius 3 is 2.50 bits per heavy atom. The van der Waals surface area contributed by atoms with E-state index in [2.05, 4.69) is 26.3 Å².